The highest BCUT2D eigenvalue weighted by Gasteiger charge is 2.10. The molecule has 0 N–H and O–H groups in total. The van der Waals surface area contributed by atoms with Gasteiger partial charge in [-0.15, -0.1) is 0 Å². The summed E-state index contributed by atoms with van der Waals surface area (Å²) in [5, 5.41) is 2.35. The molecule has 140 valence electrons. The van der Waals surface area contributed by atoms with E-state index in [0.29, 0.717) is 6.54 Å². The van der Waals surface area contributed by atoms with E-state index in [1.165, 1.54) is 5.39 Å². The summed E-state index contributed by atoms with van der Waals surface area (Å²) in [5.41, 5.74) is 4.59. The van der Waals surface area contributed by atoms with Crippen LogP contribution in [-0.4, -0.2) is 11.4 Å². The Kier molecular flexibility index (Phi) is 5.36. The Morgan fingerprint density at radius 3 is 2.52 bits per heavy atom. The molecule has 3 aromatic carbocycles. The predicted octanol–water partition coefficient (Wildman–Crippen LogP) is 5.11. The van der Waals surface area contributed by atoms with Gasteiger partial charge in [0.2, 0.25) is 6.41 Å². The predicted molar refractivity (Wildman–Crippen MR) is 118 cm³/mol. The first kappa shape index (κ1) is 18.5. The number of hydrogen-bond donors (Lipinski definition) is 0. The second kappa shape index (κ2) is 8.41. The van der Waals surface area contributed by atoms with Crippen molar-refractivity contribution < 1.29 is 4.79 Å². The van der Waals surface area contributed by atoms with Crippen LogP contribution in [-0.2, 0) is 11.3 Å². The van der Waals surface area contributed by atoms with E-state index < -0.39 is 0 Å². The summed E-state index contributed by atoms with van der Waals surface area (Å²) in [6.45, 7) is 2.48. The molecule has 0 atom stereocenters. The molecule has 0 saturated carbocycles. The lowest BCUT2D eigenvalue weighted by Gasteiger charge is -2.19. The molecule has 0 aliphatic rings. The molecule has 3 heteroatoms. The van der Waals surface area contributed by atoms with Crippen LogP contribution in [0.4, 0.5) is 5.69 Å². The summed E-state index contributed by atoms with van der Waals surface area (Å²) in [4.78, 5) is 17.8. The molecule has 0 aliphatic heterocycles. The highest BCUT2D eigenvalue weighted by atomic mass is 16.1. The van der Waals surface area contributed by atoms with E-state index >= 15 is 0 Å². The standard InChI is InChI=1S/C26H20N2O/c1-20-14-21(17-27-16-20)10-13-24-7-4-5-9-26(24)28(19-29)18-22-11-12-23-6-2-3-8-25(23)15-22/h2-9,11-12,14-17,19H,18H2,1H3. The third-order valence-corrected chi connectivity index (χ3v) is 4.72. The molecule has 0 saturated heterocycles. The van der Waals surface area contributed by atoms with Crippen molar-refractivity contribution in [2.45, 2.75) is 13.5 Å². The van der Waals surface area contributed by atoms with E-state index in [0.717, 1.165) is 39.7 Å². The lowest BCUT2D eigenvalue weighted by molar-refractivity contribution is -0.107. The molecule has 0 unspecified atom stereocenters. The van der Waals surface area contributed by atoms with E-state index in [-0.39, 0.29) is 0 Å². The summed E-state index contributed by atoms with van der Waals surface area (Å²) < 4.78 is 0. The topological polar surface area (TPSA) is 33.2 Å². The number of carbonyl (C=O) groups is 1. The normalized spacial score (nSPS) is 10.2. The zero-order chi connectivity index (χ0) is 20.1. The van der Waals surface area contributed by atoms with E-state index in [9.17, 15) is 4.79 Å². The Hall–Kier alpha value is -3.90. The van der Waals surface area contributed by atoms with Gasteiger partial charge in [0.15, 0.2) is 0 Å². The molecule has 0 radical (unpaired) electrons. The summed E-state index contributed by atoms with van der Waals surface area (Å²) in [7, 11) is 0. The minimum Gasteiger partial charge on any atom is -0.309 e. The van der Waals surface area contributed by atoms with E-state index in [1.807, 2.05) is 49.4 Å². The Morgan fingerprint density at radius 2 is 1.69 bits per heavy atom. The van der Waals surface area contributed by atoms with Crippen LogP contribution in [0.3, 0.4) is 0 Å². The van der Waals surface area contributed by atoms with Gasteiger partial charge in [0, 0.05) is 23.5 Å². The molecule has 4 aromatic rings. The minimum atomic E-state index is 0.485. The van der Waals surface area contributed by atoms with Gasteiger partial charge >= 0.3 is 0 Å². The van der Waals surface area contributed by atoms with Crippen LogP contribution in [0.1, 0.15) is 22.3 Å². The first-order chi connectivity index (χ1) is 14.2. The van der Waals surface area contributed by atoms with E-state index in [1.54, 1.807) is 17.3 Å². The number of carbonyl (C=O) groups excluding carboxylic acids is 1. The van der Waals surface area contributed by atoms with Gasteiger partial charge in [-0.1, -0.05) is 60.4 Å². The average molecular weight is 376 g/mol. The molecule has 1 amide bonds. The SMILES string of the molecule is Cc1cncc(C#Cc2ccccc2N(C=O)Cc2ccc3ccccc3c2)c1. The number of aryl methyl sites for hydroxylation is 1. The van der Waals surface area contributed by atoms with Crippen molar-refractivity contribution in [3.63, 3.8) is 0 Å². The number of benzene rings is 3. The average Bonchev–Trinajstić information content (AvgIpc) is 2.76. The van der Waals surface area contributed by atoms with Crippen LogP contribution in [0.5, 0.6) is 0 Å². The second-order valence-corrected chi connectivity index (χ2v) is 6.93. The highest BCUT2D eigenvalue weighted by Crippen LogP contribution is 2.22. The quantitative estimate of drug-likeness (QED) is 0.366. The van der Waals surface area contributed by atoms with Gasteiger partial charge < -0.3 is 4.90 Å². The number of anilines is 1. The molecule has 1 heterocycles. The monoisotopic (exact) mass is 376 g/mol. The van der Waals surface area contributed by atoms with Gasteiger partial charge in [-0.3, -0.25) is 9.78 Å². The van der Waals surface area contributed by atoms with Gasteiger partial charge in [-0.05, 0) is 53.1 Å². The van der Waals surface area contributed by atoms with Gasteiger partial charge in [-0.2, -0.15) is 0 Å². The van der Waals surface area contributed by atoms with Crippen LogP contribution < -0.4 is 4.90 Å². The zero-order valence-electron chi connectivity index (χ0n) is 16.2. The number of hydrogen-bond acceptors (Lipinski definition) is 2. The largest absolute Gasteiger partial charge is 0.309 e. The van der Waals surface area contributed by atoms with Gasteiger partial charge in [0.25, 0.3) is 0 Å². The number of nitrogens with zero attached hydrogens (tertiary/aromatic N) is 2. The van der Waals surface area contributed by atoms with Crippen LogP contribution in [0.15, 0.2) is 85.2 Å². The third kappa shape index (κ3) is 4.34. The summed E-state index contributed by atoms with van der Waals surface area (Å²) in [5.74, 6) is 6.35. The number of fused-ring (bicyclic) bond motifs is 1. The molecule has 0 aliphatic carbocycles. The summed E-state index contributed by atoms with van der Waals surface area (Å²) in [6.07, 6.45) is 4.41. The molecular formula is C26H20N2O. The Balaban J connectivity index is 1.65. The third-order valence-electron chi connectivity index (χ3n) is 4.72. The van der Waals surface area contributed by atoms with Crippen molar-refractivity contribution in [2.24, 2.45) is 0 Å². The number of aromatic nitrogens is 1. The number of pyridine rings is 1. The van der Waals surface area contributed by atoms with Gasteiger partial charge in [-0.25, -0.2) is 0 Å². The van der Waals surface area contributed by atoms with Gasteiger partial charge in [0.1, 0.15) is 0 Å². The molecule has 4 rings (SSSR count). The smallest absolute Gasteiger partial charge is 0.214 e. The van der Waals surface area contributed by atoms with Crippen LogP contribution in [0, 0.1) is 18.8 Å². The molecule has 0 fully saturated rings. The van der Waals surface area contributed by atoms with Crippen molar-refractivity contribution in [3.05, 3.63) is 107 Å². The number of para-hydroxylation sites is 1. The van der Waals surface area contributed by atoms with E-state index in [4.69, 9.17) is 0 Å². The fourth-order valence-electron chi connectivity index (χ4n) is 3.31. The van der Waals surface area contributed by atoms with Crippen LogP contribution >= 0.6 is 0 Å². The molecule has 3 nitrogen and oxygen atoms in total. The fraction of sp³-hybridized carbons (Fsp3) is 0.0769. The maximum Gasteiger partial charge on any atom is 0.214 e. The second-order valence-electron chi connectivity index (χ2n) is 6.93. The number of rotatable bonds is 4. The maximum atomic E-state index is 11.9. The molecule has 0 bridgehead atoms. The Morgan fingerprint density at radius 1 is 0.897 bits per heavy atom. The first-order valence-electron chi connectivity index (χ1n) is 9.45. The van der Waals surface area contributed by atoms with E-state index in [2.05, 4.69) is 47.2 Å². The summed E-state index contributed by atoms with van der Waals surface area (Å²) >= 11 is 0. The van der Waals surface area contributed by atoms with Gasteiger partial charge in [0.05, 0.1) is 12.2 Å². The first-order valence-corrected chi connectivity index (χ1v) is 9.45. The molecule has 1 aromatic heterocycles. The van der Waals surface area contributed by atoms with Crippen LogP contribution in [0.25, 0.3) is 10.8 Å². The van der Waals surface area contributed by atoms with Crippen molar-refractivity contribution in [1.29, 1.82) is 0 Å². The minimum absolute atomic E-state index is 0.485. The van der Waals surface area contributed by atoms with Crippen molar-refractivity contribution in [1.82, 2.24) is 4.98 Å². The van der Waals surface area contributed by atoms with Crippen LogP contribution in [0.2, 0.25) is 0 Å². The molecule has 0 spiro atoms. The number of amides is 1. The fourth-order valence-corrected chi connectivity index (χ4v) is 3.31. The Labute approximate surface area is 170 Å². The summed E-state index contributed by atoms with van der Waals surface area (Å²) in [6, 6.07) is 24.2. The molecular weight excluding hydrogens is 356 g/mol. The van der Waals surface area contributed by atoms with Crippen molar-refractivity contribution in [3.8, 4) is 11.8 Å². The molecule has 29 heavy (non-hydrogen) atoms. The lowest BCUT2D eigenvalue weighted by Crippen LogP contribution is -2.21. The Bertz CT molecular complexity index is 1230. The van der Waals surface area contributed by atoms with Crippen molar-refractivity contribution in [2.75, 3.05) is 4.90 Å². The highest BCUT2D eigenvalue weighted by molar-refractivity contribution is 5.84. The zero-order valence-corrected chi connectivity index (χ0v) is 16.2. The lowest BCUT2D eigenvalue weighted by atomic mass is 10.1. The van der Waals surface area contributed by atoms with Crippen molar-refractivity contribution >= 4 is 22.9 Å². The maximum absolute atomic E-state index is 11.9.